The molecule has 0 N–H and O–H groups in total. The van der Waals surface area contributed by atoms with Gasteiger partial charge in [0.1, 0.15) is 5.75 Å². The molecule has 0 spiro atoms. The van der Waals surface area contributed by atoms with Crippen LogP contribution in [0, 0.1) is 20.8 Å². The van der Waals surface area contributed by atoms with Crippen molar-refractivity contribution < 1.29 is 19.1 Å². The molecule has 2 heterocycles. The number of carbonyl (C=O) groups excluding carboxylic acids is 2. The average molecular weight is 525 g/mol. The molecular weight excluding hydrogens is 499 g/mol. The van der Waals surface area contributed by atoms with Gasteiger partial charge in [0.05, 0.1) is 36.1 Å². The Bertz CT molecular complexity index is 1470. The molecule has 0 radical (unpaired) electrons. The number of halogens is 2. The van der Waals surface area contributed by atoms with Crippen molar-refractivity contribution >= 4 is 46.8 Å². The summed E-state index contributed by atoms with van der Waals surface area (Å²) in [7, 11) is 2.87. The van der Waals surface area contributed by atoms with E-state index < -0.39 is 5.97 Å². The highest BCUT2D eigenvalue weighted by molar-refractivity contribution is 6.32. The Kier molecular flexibility index (Phi) is 7.03. The van der Waals surface area contributed by atoms with Crippen molar-refractivity contribution in [2.24, 2.45) is 0 Å². The number of anilines is 1. The maximum Gasteiger partial charge on any atom is 0.340 e. The lowest BCUT2D eigenvalue weighted by molar-refractivity contribution is -0.136. The van der Waals surface area contributed by atoms with E-state index in [-0.39, 0.29) is 17.1 Å². The number of allylic oxidation sites excluding steroid dienone is 1. The highest BCUT2D eigenvalue weighted by Gasteiger charge is 2.38. The van der Waals surface area contributed by atoms with Gasteiger partial charge in [-0.25, -0.2) is 4.79 Å². The third-order valence-corrected chi connectivity index (χ3v) is 7.07. The van der Waals surface area contributed by atoms with E-state index in [1.807, 2.05) is 49.6 Å². The van der Waals surface area contributed by atoms with Gasteiger partial charge < -0.3 is 14.0 Å². The van der Waals surface area contributed by atoms with Crippen molar-refractivity contribution in [3.63, 3.8) is 0 Å². The van der Waals surface area contributed by atoms with Crippen LogP contribution in [0.1, 0.15) is 29.4 Å². The Morgan fingerprint density at radius 1 is 0.917 bits per heavy atom. The zero-order valence-electron chi connectivity index (χ0n) is 20.9. The van der Waals surface area contributed by atoms with Crippen LogP contribution in [0.5, 0.6) is 5.75 Å². The fraction of sp³-hybridized carbons (Fsp3) is 0.214. The van der Waals surface area contributed by atoms with Gasteiger partial charge in [0, 0.05) is 27.8 Å². The zero-order chi connectivity index (χ0) is 26.3. The van der Waals surface area contributed by atoms with E-state index in [0.717, 1.165) is 28.2 Å². The summed E-state index contributed by atoms with van der Waals surface area (Å²) in [6, 6.07) is 12.9. The van der Waals surface area contributed by atoms with Crippen LogP contribution in [0.15, 0.2) is 59.3 Å². The van der Waals surface area contributed by atoms with Crippen LogP contribution < -0.4 is 9.64 Å². The molecule has 0 fully saturated rings. The molecule has 6 nitrogen and oxygen atoms in total. The summed E-state index contributed by atoms with van der Waals surface area (Å²) in [6.45, 7) is 7.52. The van der Waals surface area contributed by atoms with Gasteiger partial charge in [-0.15, -0.1) is 0 Å². The van der Waals surface area contributed by atoms with Gasteiger partial charge in [-0.3, -0.25) is 9.69 Å². The summed E-state index contributed by atoms with van der Waals surface area (Å²) in [4.78, 5) is 27.9. The number of hydrogen-bond acceptors (Lipinski definition) is 4. The number of amides is 1. The molecule has 1 amide bonds. The van der Waals surface area contributed by atoms with Crippen LogP contribution in [0.25, 0.3) is 11.8 Å². The smallest absolute Gasteiger partial charge is 0.340 e. The molecule has 0 unspecified atom stereocenters. The van der Waals surface area contributed by atoms with E-state index in [4.69, 9.17) is 32.7 Å². The van der Waals surface area contributed by atoms with Crippen LogP contribution in [-0.2, 0) is 14.3 Å². The number of benzene rings is 2. The van der Waals surface area contributed by atoms with Gasteiger partial charge in [-0.1, -0.05) is 29.3 Å². The molecule has 1 aliphatic heterocycles. The minimum Gasteiger partial charge on any atom is -0.495 e. The second-order valence-corrected chi connectivity index (χ2v) is 9.38. The number of aryl methyl sites for hydroxylation is 2. The van der Waals surface area contributed by atoms with Gasteiger partial charge in [0.25, 0.3) is 5.91 Å². The minimum atomic E-state index is -0.580. The van der Waals surface area contributed by atoms with Crippen molar-refractivity contribution in [1.29, 1.82) is 0 Å². The lowest BCUT2D eigenvalue weighted by Crippen LogP contribution is -2.24. The predicted molar refractivity (Wildman–Crippen MR) is 143 cm³/mol. The first-order chi connectivity index (χ1) is 17.1. The van der Waals surface area contributed by atoms with Crippen LogP contribution >= 0.6 is 23.2 Å². The van der Waals surface area contributed by atoms with Gasteiger partial charge in [-0.05, 0) is 81.3 Å². The van der Waals surface area contributed by atoms with Crippen LogP contribution in [0.2, 0.25) is 10.0 Å². The fourth-order valence-corrected chi connectivity index (χ4v) is 4.92. The summed E-state index contributed by atoms with van der Waals surface area (Å²) in [5.74, 6) is -0.324. The normalized spacial score (nSPS) is 14.7. The molecule has 0 saturated carbocycles. The SMILES string of the molecule is COC(=O)C1=C(C)N(c2ccc(C)c(Cl)c2)C(=O)/C1=C\c1cc(C)n(-c2ccc(OC)c(Cl)c2)c1C. The number of methoxy groups -OCH3 is 2. The number of nitrogens with zero attached hydrogens (tertiary/aromatic N) is 2. The average Bonchev–Trinajstić information content (AvgIpc) is 3.26. The predicted octanol–water partition coefficient (Wildman–Crippen LogP) is 6.60. The highest BCUT2D eigenvalue weighted by Crippen LogP contribution is 2.38. The molecule has 1 aliphatic rings. The van der Waals surface area contributed by atoms with E-state index in [0.29, 0.717) is 27.2 Å². The van der Waals surface area contributed by atoms with E-state index in [9.17, 15) is 9.59 Å². The third-order valence-electron chi connectivity index (χ3n) is 6.37. The van der Waals surface area contributed by atoms with Crippen molar-refractivity contribution in [2.75, 3.05) is 19.1 Å². The molecule has 3 aromatic rings. The summed E-state index contributed by atoms with van der Waals surface area (Å²) in [5, 5.41) is 1.03. The summed E-state index contributed by atoms with van der Waals surface area (Å²) >= 11 is 12.7. The van der Waals surface area contributed by atoms with Crippen LogP contribution in [0.4, 0.5) is 5.69 Å². The lowest BCUT2D eigenvalue weighted by atomic mass is 10.0. The quantitative estimate of drug-likeness (QED) is 0.278. The molecule has 1 aromatic heterocycles. The first-order valence-corrected chi connectivity index (χ1v) is 12.0. The van der Waals surface area contributed by atoms with Crippen LogP contribution in [0.3, 0.4) is 0 Å². The van der Waals surface area contributed by atoms with Crippen molar-refractivity contribution in [2.45, 2.75) is 27.7 Å². The summed E-state index contributed by atoms with van der Waals surface area (Å²) in [5.41, 5.74) is 5.89. The first-order valence-electron chi connectivity index (χ1n) is 11.2. The standard InChI is InChI=1S/C28H26Cl2N2O4/c1-15-7-8-21(13-23(15)29)32-18(4)26(28(34)36-6)22(27(32)33)12-19-11-16(2)31(17(19)3)20-9-10-25(35-5)24(30)14-20/h7-14H,1-6H3/b22-12-. The topological polar surface area (TPSA) is 60.8 Å². The van der Waals surface area contributed by atoms with E-state index in [1.165, 1.54) is 12.0 Å². The van der Waals surface area contributed by atoms with Crippen molar-refractivity contribution in [1.82, 2.24) is 4.57 Å². The highest BCUT2D eigenvalue weighted by atomic mass is 35.5. The van der Waals surface area contributed by atoms with Gasteiger partial charge in [0.15, 0.2) is 0 Å². The van der Waals surface area contributed by atoms with E-state index >= 15 is 0 Å². The molecule has 4 rings (SSSR count). The molecule has 186 valence electrons. The van der Waals surface area contributed by atoms with Gasteiger partial charge >= 0.3 is 5.97 Å². The maximum absolute atomic E-state index is 13.7. The number of ether oxygens (including phenoxy) is 2. The molecular formula is C28H26Cl2N2O4. The number of carbonyl (C=O) groups is 2. The zero-order valence-corrected chi connectivity index (χ0v) is 22.4. The monoisotopic (exact) mass is 524 g/mol. The van der Waals surface area contributed by atoms with Gasteiger partial charge in [0.2, 0.25) is 0 Å². The molecule has 36 heavy (non-hydrogen) atoms. The molecule has 0 bridgehead atoms. The number of aromatic nitrogens is 1. The minimum absolute atomic E-state index is 0.219. The Hall–Kier alpha value is -3.48. The Labute approximate surface area is 220 Å². The van der Waals surface area contributed by atoms with Gasteiger partial charge in [-0.2, -0.15) is 0 Å². The number of hydrogen-bond donors (Lipinski definition) is 0. The van der Waals surface area contributed by atoms with E-state index in [2.05, 4.69) is 0 Å². The largest absolute Gasteiger partial charge is 0.495 e. The number of esters is 1. The summed E-state index contributed by atoms with van der Waals surface area (Å²) in [6.07, 6.45) is 1.73. The second kappa shape index (κ2) is 9.88. The Balaban J connectivity index is 1.84. The fourth-order valence-electron chi connectivity index (χ4n) is 4.49. The number of rotatable bonds is 5. The van der Waals surface area contributed by atoms with Crippen molar-refractivity contribution in [3.05, 3.63) is 91.9 Å². The Morgan fingerprint density at radius 3 is 2.19 bits per heavy atom. The maximum atomic E-state index is 13.7. The van der Waals surface area contributed by atoms with Crippen LogP contribution in [-0.4, -0.2) is 30.7 Å². The first kappa shape index (κ1) is 25.6. The second-order valence-electron chi connectivity index (χ2n) is 8.56. The summed E-state index contributed by atoms with van der Waals surface area (Å²) < 4.78 is 12.3. The molecule has 2 aromatic carbocycles. The molecule has 0 saturated heterocycles. The van der Waals surface area contributed by atoms with Crippen molar-refractivity contribution in [3.8, 4) is 11.4 Å². The lowest BCUT2D eigenvalue weighted by Gasteiger charge is -2.18. The Morgan fingerprint density at radius 2 is 1.58 bits per heavy atom. The third kappa shape index (κ3) is 4.31. The molecule has 8 heteroatoms. The van der Waals surface area contributed by atoms with E-state index in [1.54, 1.807) is 38.3 Å². The molecule has 0 aliphatic carbocycles. The molecule has 0 atom stereocenters.